The molecule has 10 fully saturated rings. The number of carboxylic acid groups (broad SMARTS) is 1. The quantitative estimate of drug-likeness (QED) is 0.0267. The van der Waals surface area contributed by atoms with E-state index in [9.17, 15) is 61.9 Å². The minimum absolute atomic E-state index is 0.0195. The summed E-state index contributed by atoms with van der Waals surface area (Å²) in [7, 11) is -6.17. The first kappa shape index (κ1) is 104. The van der Waals surface area contributed by atoms with E-state index in [0.717, 1.165) is 58.0 Å². The molecule has 22 nitrogen and oxygen atoms in total. The molecule has 5 N–H and O–H groups in total. The summed E-state index contributed by atoms with van der Waals surface area (Å²) < 4.78 is 75.7. The van der Waals surface area contributed by atoms with Crippen LogP contribution < -0.4 is 20.1 Å². The zero-order valence-corrected chi connectivity index (χ0v) is 86.4. The van der Waals surface area contributed by atoms with E-state index in [0.29, 0.717) is 173 Å². The van der Waals surface area contributed by atoms with Gasteiger partial charge < -0.3 is 49.6 Å². The van der Waals surface area contributed by atoms with E-state index in [1.54, 1.807) is 36.7 Å². The second-order valence-corrected chi connectivity index (χ2v) is 52.7. The highest BCUT2D eigenvalue weighted by Crippen LogP contribution is 2.80. The van der Waals surface area contributed by atoms with Crippen LogP contribution in [0, 0.1) is 136 Å². The highest BCUT2D eigenvalue weighted by molar-refractivity contribution is 7.91. The summed E-state index contributed by atoms with van der Waals surface area (Å²) in [6, 6.07) is 10.8. The molecule has 744 valence electrons. The molecule has 2 heterocycles. The minimum Gasteiger partial charge on any atom is -0.481 e. The summed E-state index contributed by atoms with van der Waals surface area (Å²) in [5, 5.41) is 60.7. The number of aliphatic hydroxyl groups is 2. The summed E-state index contributed by atoms with van der Waals surface area (Å²) in [6.45, 7) is 43.2. The minimum atomic E-state index is -3.09. The smallest absolute Gasteiger partial charge is 0.318 e. The maximum Gasteiger partial charge on any atom is 0.318 e. The molecule has 14 aliphatic carbocycles. The molecule has 20 atom stereocenters. The number of esters is 3. The van der Waals surface area contributed by atoms with Crippen molar-refractivity contribution in [1.29, 1.82) is 10.5 Å². The monoisotopic (exact) mass is 1920 g/mol. The number of pyridine rings is 2. The van der Waals surface area contributed by atoms with Gasteiger partial charge in [-0.25, -0.2) is 26.8 Å². The van der Waals surface area contributed by atoms with Crippen LogP contribution in [0.25, 0.3) is 0 Å². The Morgan fingerprint density at radius 2 is 0.889 bits per heavy atom. The number of carbonyl (C=O) groups excluding carboxylic acids is 3. The highest BCUT2D eigenvalue weighted by Gasteiger charge is 2.74. The molecule has 135 heavy (non-hydrogen) atoms. The van der Waals surface area contributed by atoms with Gasteiger partial charge in [-0.05, 0) is 394 Å². The fraction of sp³-hybridized carbons (Fsp3) is 0.745. The van der Waals surface area contributed by atoms with Crippen molar-refractivity contribution in [3.05, 3.63) is 119 Å². The fourth-order valence-corrected chi connectivity index (χ4v) is 35.3. The zero-order chi connectivity index (χ0) is 98.1. The first-order chi connectivity index (χ1) is 63.3. The van der Waals surface area contributed by atoms with E-state index in [1.807, 2.05) is 0 Å². The summed E-state index contributed by atoms with van der Waals surface area (Å²) in [5.41, 5.74) is 5.88. The highest BCUT2D eigenvalue weighted by atomic mass is 35.5. The van der Waals surface area contributed by atoms with E-state index in [-0.39, 0.29) is 102 Å². The van der Waals surface area contributed by atoms with Crippen molar-refractivity contribution in [1.82, 2.24) is 20.6 Å². The number of rotatable bonds is 25. The summed E-state index contributed by atoms with van der Waals surface area (Å²) >= 11 is 4.95. The summed E-state index contributed by atoms with van der Waals surface area (Å²) in [6.07, 6.45) is 45.3. The van der Waals surface area contributed by atoms with E-state index >= 15 is 0 Å². The second kappa shape index (κ2) is 38.9. The molecule has 0 unspecified atom stereocenters. The average Bonchev–Trinajstić information content (AvgIpc) is 1.67. The number of nitrogens with zero attached hydrogens (tertiary/aromatic N) is 4. The SMILES string of the molecule is C=C(C)[C@@H]1CC[C@]2(NCCC3(O)CCC(S(C)(=O)=O)CC3)CC[C@]3(C)[C@H](CC[C@@H]4[C@@]5(C)CC=C(C6=CC[C@@](COc7ncccc7C#N)(C(=O)O)CC6)C(C)(C)[C@@H]5CC[C@]43C)[C@@H]12.C=C(C)[C@@H]1CC[C@]2(NCCC3(O)CCC(S(C)(=O)=O)CC3)CC[C@]3(C)[C@H](CC[C@@H]4[C@@]5(C)CC=C(C6=CC[C@@](COc7ncccc7C#N)(C(=O)OCOC(C)=O)CC6)C(C)(C)[C@@H]5CC[C@]43C)[C@@H]12.CC(=O)OCCl. The number of nitrogens with one attached hydrogen (secondary N) is 2. The molecule has 0 aliphatic heterocycles. The number of aromatic nitrogens is 2. The Morgan fingerprint density at radius 3 is 1.24 bits per heavy atom. The van der Waals surface area contributed by atoms with E-state index in [1.165, 1.54) is 130 Å². The third kappa shape index (κ3) is 19.2. The Labute approximate surface area is 811 Å². The van der Waals surface area contributed by atoms with Gasteiger partial charge in [-0.2, -0.15) is 10.5 Å². The number of hydrogen-bond donors (Lipinski definition) is 5. The number of ether oxygens (including phenoxy) is 5. The molecule has 10 saturated carbocycles. The molecule has 0 bridgehead atoms. The number of halogens is 1. The van der Waals surface area contributed by atoms with Crippen molar-refractivity contribution in [3.8, 4) is 23.9 Å². The number of carbonyl (C=O) groups is 4. The number of aliphatic carboxylic acids is 1. The van der Waals surface area contributed by atoms with Gasteiger partial charge >= 0.3 is 23.9 Å². The largest absolute Gasteiger partial charge is 0.481 e. The number of hydrogen-bond acceptors (Lipinski definition) is 21. The molecular formula is C110H159ClN6O16S2. The van der Waals surface area contributed by atoms with E-state index in [4.69, 9.17) is 30.5 Å². The summed E-state index contributed by atoms with van der Waals surface area (Å²) in [5.74, 6) is 3.51. The van der Waals surface area contributed by atoms with E-state index in [2.05, 4.69) is 158 Å². The number of nitriles is 2. The van der Waals surface area contributed by atoms with Crippen LogP contribution >= 0.6 is 11.6 Å². The molecule has 25 heteroatoms. The third-order valence-electron chi connectivity index (χ3n) is 40.6. The number of fused-ring (bicyclic) bond motifs is 14. The Morgan fingerprint density at radius 1 is 0.489 bits per heavy atom. The molecule has 0 aromatic carbocycles. The molecule has 0 radical (unpaired) electrons. The number of carboxylic acids is 1. The topological polar surface area (TPSA) is 341 Å². The summed E-state index contributed by atoms with van der Waals surface area (Å²) in [4.78, 5) is 56.4. The normalized spacial score (nSPS) is 39.7. The standard InChI is InChI=1S/C55H79N3O8S.C52H75N3O6S.C3H5ClO2/c1-36(2)41-18-27-55(58-32-30-54(61)25-16-40(17-26-54)67(9,62)63)29-28-51(7)43(46(41)55)12-13-45-50(6)21-19-42(49(4,5)44(50)20-22-52(45,51)8)38-14-23-53(24-15-38,48(60)66-35-65-37(3)59)34-64-47-39(33-56)11-10-31-57-47;1-34(2)38-17-26-52(55-31-29-51(58)24-15-37(16-25-51)62(8,59)60)28-27-48(6)40(43(38)52)11-12-42-47(5)20-18-39(46(3,4)41(47)19-21-49(42,48)7)35-13-22-50(23-14-35,45(56)57)33-61-44-36(32-53)10-9-30-54-44;1-3(5)6-2-4/h10-11,14,19,31,40-41,43-46,58,61H,1,12-13,15-18,20-30,32,34-35H2,2-9H3;9-10,13,18,30,37-38,40-43,55,58H,1,11-12,14-17,19-29,31,33H2,2-8H3,(H,56,57);2H2,1H3/t40?,41-,43+,44-,45+,46+,50-,51+,52+,53+,54?,55-;37?,38-,40+,41-,42+,43+,47-,48+,49+,50+,51?,52-;/m00./s1. The predicted molar refractivity (Wildman–Crippen MR) is 525 cm³/mol. The van der Waals surface area contributed by atoms with Crippen LogP contribution in [-0.2, 0) is 53.1 Å². The average molecular weight is 1920 g/mol. The van der Waals surface area contributed by atoms with Gasteiger partial charge in [0.15, 0.2) is 6.07 Å². The van der Waals surface area contributed by atoms with Gasteiger partial charge in [0.1, 0.15) is 67.0 Å². The zero-order valence-electron chi connectivity index (χ0n) is 84.0. The molecule has 0 amide bonds. The molecule has 2 aromatic rings. The lowest BCUT2D eigenvalue weighted by atomic mass is 9.33. The van der Waals surface area contributed by atoms with Crippen molar-refractivity contribution in [2.75, 3.05) is 51.7 Å². The lowest BCUT2D eigenvalue weighted by Gasteiger charge is -2.72. The Hall–Kier alpha value is -6.77. The van der Waals surface area contributed by atoms with E-state index < -0.39 is 66.4 Å². The molecule has 14 aliphatic rings. The van der Waals surface area contributed by atoms with Gasteiger partial charge in [-0.3, -0.25) is 19.2 Å². The van der Waals surface area contributed by atoms with Crippen LogP contribution in [0.3, 0.4) is 0 Å². The number of sulfone groups is 2. The van der Waals surface area contributed by atoms with Crippen molar-refractivity contribution in [2.24, 2.45) is 113 Å². The number of alkyl halides is 1. The molecule has 16 rings (SSSR count). The molecule has 0 saturated heterocycles. The maximum atomic E-state index is 13.8. The number of allylic oxidation sites excluding steroid dienone is 10. The van der Waals surface area contributed by atoms with Crippen LogP contribution in [0.2, 0.25) is 0 Å². The lowest BCUT2D eigenvalue weighted by molar-refractivity contribution is -0.221. The van der Waals surface area contributed by atoms with Crippen molar-refractivity contribution in [2.45, 2.75) is 348 Å². The van der Waals surface area contributed by atoms with Crippen molar-refractivity contribution < 1.29 is 75.0 Å². The molecule has 2 aromatic heterocycles. The second-order valence-electron chi connectivity index (χ2n) is 47.8. The van der Waals surface area contributed by atoms with Gasteiger partial charge in [0.05, 0.1) is 21.7 Å². The van der Waals surface area contributed by atoms with Gasteiger partial charge in [0, 0.05) is 49.8 Å². The van der Waals surface area contributed by atoms with Crippen molar-refractivity contribution >= 4 is 55.2 Å². The van der Waals surface area contributed by atoms with Gasteiger partial charge in [0.2, 0.25) is 18.6 Å². The van der Waals surface area contributed by atoms with Gasteiger partial charge in [-0.1, -0.05) is 129 Å². The first-order valence-electron chi connectivity index (χ1n) is 51.0. The Bertz CT molecular complexity index is 5280. The Kier molecular flexibility index (Phi) is 30.0. The van der Waals surface area contributed by atoms with Gasteiger partial charge in [-0.15, -0.1) is 0 Å². The van der Waals surface area contributed by atoms with Crippen LogP contribution in [0.15, 0.2) is 108 Å². The van der Waals surface area contributed by atoms with Crippen LogP contribution in [0.1, 0.15) is 326 Å². The molecular weight excluding hydrogens is 1760 g/mol. The fourth-order valence-electron chi connectivity index (χ4n) is 32.9. The van der Waals surface area contributed by atoms with Crippen LogP contribution in [-0.4, -0.2) is 150 Å². The van der Waals surface area contributed by atoms with Gasteiger partial charge in [0.25, 0.3) is 0 Å². The predicted octanol–water partition coefficient (Wildman–Crippen LogP) is 21.0. The van der Waals surface area contributed by atoms with Crippen LogP contribution in [0.4, 0.5) is 0 Å². The maximum absolute atomic E-state index is 13.8. The Balaban J connectivity index is 0.000000204. The molecule has 0 spiro atoms. The first-order valence-corrected chi connectivity index (χ1v) is 55.4. The third-order valence-corrected chi connectivity index (χ3v) is 44.1. The van der Waals surface area contributed by atoms with Crippen molar-refractivity contribution in [3.63, 3.8) is 0 Å². The van der Waals surface area contributed by atoms with Crippen LogP contribution in [0.5, 0.6) is 11.8 Å². The lowest BCUT2D eigenvalue weighted by Crippen LogP contribution is -2.68.